The smallest absolute Gasteiger partial charge is 0.121 e. The molecule has 0 spiro atoms. The normalized spacial score (nSPS) is 12.6. The highest BCUT2D eigenvalue weighted by molar-refractivity contribution is 5.74. The Kier molecular flexibility index (Phi) is 3.88. The highest BCUT2D eigenvalue weighted by atomic mass is 16.3. The van der Waals surface area contributed by atoms with Gasteiger partial charge in [-0.15, -0.1) is 0 Å². The van der Waals surface area contributed by atoms with E-state index in [4.69, 9.17) is 0 Å². The number of para-hydroxylation sites is 3. The molecule has 0 aliphatic heterocycles. The summed E-state index contributed by atoms with van der Waals surface area (Å²) in [6, 6.07) is 15.6. The number of aromatic amines is 1. The van der Waals surface area contributed by atoms with Gasteiger partial charge in [-0.05, 0) is 24.6 Å². The van der Waals surface area contributed by atoms with Crippen LogP contribution in [0.15, 0.2) is 48.5 Å². The van der Waals surface area contributed by atoms with Crippen molar-refractivity contribution in [2.24, 2.45) is 0 Å². The molecule has 3 rings (SSSR count). The Balaban J connectivity index is 1.74. The molecule has 0 saturated carbocycles. The Morgan fingerprint density at radius 3 is 2.67 bits per heavy atom. The van der Waals surface area contributed by atoms with Gasteiger partial charge in [-0.3, -0.25) is 0 Å². The molecule has 0 aliphatic carbocycles. The maximum atomic E-state index is 9.96. The Morgan fingerprint density at radius 1 is 1.14 bits per heavy atom. The van der Waals surface area contributed by atoms with Crippen molar-refractivity contribution in [1.29, 1.82) is 0 Å². The highest BCUT2D eigenvalue weighted by Gasteiger charge is 2.13. The fraction of sp³-hybridized carbons (Fsp3) is 0.235. The molecule has 3 N–H and O–H groups in total. The number of fused-ring (bicyclic) bond motifs is 1. The zero-order chi connectivity index (χ0) is 14.7. The molecule has 21 heavy (non-hydrogen) atoms. The quantitative estimate of drug-likeness (QED) is 0.670. The van der Waals surface area contributed by atoms with Crippen molar-refractivity contribution in [2.75, 3.05) is 0 Å². The Morgan fingerprint density at radius 2 is 1.90 bits per heavy atom. The lowest BCUT2D eigenvalue weighted by Crippen LogP contribution is -2.21. The molecule has 1 heterocycles. The van der Waals surface area contributed by atoms with Gasteiger partial charge < -0.3 is 15.4 Å². The first-order chi connectivity index (χ1) is 10.3. The molecule has 4 heteroatoms. The Labute approximate surface area is 123 Å². The summed E-state index contributed by atoms with van der Waals surface area (Å²) < 4.78 is 0. The fourth-order valence-corrected chi connectivity index (χ4v) is 2.57. The summed E-state index contributed by atoms with van der Waals surface area (Å²) >= 11 is 0. The molecular weight excluding hydrogens is 262 g/mol. The van der Waals surface area contributed by atoms with Gasteiger partial charge in [0.05, 0.1) is 17.6 Å². The number of phenolic OH excluding ortho intramolecular Hbond substituents is 1. The lowest BCUT2D eigenvalue weighted by atomic mass is 10.0. The molecule has 0 saturated heterocycles. The van der Waals surface area contributed by atoms with E-state index in [0.29, 0.717) is 12.3 Å². The van der Waals surface area contributed by atoms with E-state index in [2.05, 4.69) is 22.2 Å². The van der Waals surface area contributed by atoms with E-state index in [-0.39, 0.29) is 6.04 Å². The van der Waals surface area contributed by atoms with Gasteiger partial charge in [0.25, 0.3) is 0 Å². The maximum absolute atomic E-state index is 9.96. The summed E-state index contributed by atoms with van der Waals surface area (Å²) in [5, 5.41) is 13.4. The molecule has 3 aromatic rings. The topological polar surface area (TPSA) is 60.9 Å². The van der Waals surface area contributed by atoms with E-state index in [1.54, 1.807) is 6.07 Å². The van der Waals surface area contributed by atoms with Gasteiger partial charge in [0.2, 0.25) is 0 Å². The molecule has 0 fully saturated rings. The predicted molar refractivity (Wildman–Crippen MR) is 84.1 cm³/mol. The van der Waals surface area contributed by atoms with Gasteiger partial charge in [-0.1, -0.05) is 37.3 Å². The third kappa shape index (κ3) is 2.90. The summed E-state index contributed by atoms with van der Waals surface area (Å²) in [7, 11) is 0. The van der Waals surface area contributed by atoms with Crippen molar-refractivity contribution in [1.82, 2.24) is 15.3 Å². The number of aromatic nitrogens is 2. The van der Waals surface area contributed by atoms with E-state index in [9.17, 15) is 5.11 Å². The first kappa shape index (κ1) is 13.6. The Hall–Kier alpha value is -2.33. The zero-order valence-corrected chi connectivity index (χ0v) is 12.0. The minimum atomic E-state index is 0.111. The highest BCUT2D eigenvalue weighted by Crippen LogP contribution is 2.26. The SMILES string of the molecule is CCC(NCc1nc2ccccc2[nH]1)c1ccccc1O. The van der Waals surface area contributed by atoms with E-state index in [1.807, 2.05) is 42.5 Å². The summed E-state index contributed by atoms with van der Waals surface area (Å²) in [5.41, 5.74) is 2.95. The van der Waals surface area contributed by atoms with Crippen LogP contribution in [-0.2, 0) is 6.54 Å². The van der Waals surface area contributed by atoms with Gasteiger partial charge in [-0.25, -0.2) is 4.98 Å². The van der Waals surface area contributed by atoms with Crippen LogP contribution in [0.25, 0.3) is 11.0 Å². The average molecular weight is 281 g/mol. The molecule has 0 amide bonds. The minimum Gasteiger partial charge on any atom is -0.508 e. The van der Waals surface area contributed by atoms with Gasteiger partial charge in [0.1, 0.15) is 11.6 Å². The minimum absolute atomic E-state index is 0.111. The molecule has 1 aromatic heterocycles. The molecule has 2 aromatic carbocycles. The summed E-state index contributed by atoms with van der Waals surface area (Å²) in [6.45, 7) is 2.74. The molecule has 4 nitrogen and oxygen atoms in total. The van der Waals surface area contributed by atoms with Crippen LogP contribution in [0, 0.1) is 0 Å². The largest absolute Gasteiger partial charge is 0.508 e. The maximum Gasteiger partial charge on any atom is 0.121 e. The van der Waals surface area contributed by atoms with Crippen LogP contribution in [0.2, 0.25) is 0 Å². The van der Waals surface area contributed by atoms with E-state index >= 15 is 0 Å². The lowest BCUT2D eigenvalue weighted by molar-refractivity contribution is 0.439. The van der Waals surface area contributed by atoms with E-state index in [0.717, 1.165) is 28.8 Å². The number of phenols is 1. The first-order valence-electron chi connectivity index (χ1n) is 7.23. The molecule has 108 valence electrons. The first-order valence-corrected chi connectivity index (χ1v) is 7.23. The number of nitrogens with one attached hydrogen (secondary N) is 2. The molecular formula is C17H19N3O. The summed E-state index contributed by atoms with van der Waals surface area (Å²) in [5.74, 6) is 1.24. The average Bonchev–Trinajstić information content (AvgIpc) is 2.92. The van der Waals surface area contributed by atoms with Crippen LogP contribution in [0.3, 0.4) is 0 Å². The van der Waals surface area contributed by atoms with Crippen LogP contribution in [0.4, 0.5) is 0 Å². The van der Waals surface area contributed by atoms with Crippen LogP contribution in [0.5, 0.6) is 5.75 Å². The van der Waals surface area contributed by atoms with Crippen molar-refractivity contribution < 1.29 is 5.11 Å². The third-order valence-corrected chi connectivity index (χ3v) is 3.67. The van der Waals surface area contributed by atoms with Gasteiger partial charge in [0, 0.05) is 11.6 Å². The molecule has 1 atom stereocenters. The number of imidazole rings is 1. The van der Waals surface area contributed by atoms with E-state index in [1.165, 1.54) is 0 Å². The molecule has 0 bridgehead atoms. The van der Waals surface area contributed by atoms with Gasteiger partial charge in [0.15, 0.2) is 0 Å². The van der Waals surface area contributed by atoms with Crippen LogP contribution >= 0.6 is 0 Å². The van der Waals surface area contributed by atoms with Gasteiger partial charge >= 0.3 is 0 Å². The monoisotopic (exact) mass is 281 g/mol. The van der Waals surface area contributed by atoms with Crippen LogP contribution in [0.1, 0.15) is 30.8 Å². The van der Waals surface area contributed by atoms with Crippen LogP contribution in [-0.4, -0.2) is 15.1 Å². The predicted octanol–water partition coefficient (Wildman–Crippen LogP) is 3.51. The second kappa shape index (κ2) is 5.97. The van der Waals surface area contributed by atoms with Crippen molar-refractivity contribution in [3.05, 3.63) is 59.9 Å². The molecule has 0 aliphatic rings. The summed E-state index contributed by atoms with van der Waals surface area (Å²) in [4.78, 5) is 7.86. The third-order valence-electron chi connectivity index (χ3n) is 3.67. The van der Waals surface area contributed by atoms with Crippen molar-refractivity contribution in [3.8, 4) is 5.75 Å². The number of benzene rings is 2. The number of hydrogen-bond acceptors (Lipinski definition) is 3. The van der Waals surface area contributed by atoms with Crippen LogP contribution < -0.4 is 5.32 Å². The number of hydrogen-bond donors (Lipinski definition) is 3. The number of rotatable bonds is 5. The fourth-order valence-electron chi connectivity index (χ4n) is 2.57. The molecule has 1 unspecified atom stereocenters. The Bertz CT molecular complexity index is 702. The number of aromatic hydroxyl groups is 1. The molecule has 0 radical (unpaired) electrons. The zero-order valence-electron chi connectivity index (χ0n) is 12.0. The second-order valence-electron chi connectivity index (χ2n) is 5.10. The van der Waals surface area contributed by atoms with Crippen molar-refractivity contribution in [2.45, 2.75) is 25.9 Å². The van der Waals surface area contributed by atoms with Crippen molar-refractivity contribution in [3.63, 3.8) is 0 Å². The van der Waals surface area contributed by atoms with Crippen molar-refractivity contribution >= 4 is 11.0 Å². The second-order valence-corrected chi connectivity index (χ2v) is 5.10. The standard InChI is InChI=1S/C17H19N3O/c1-2-13(12-7-3-6-10-16(12)21)18-11-17-19-14-8-4-5-9-15(14)20-17/h3-10,13,18,21H,2,11H2,1H3,(H,19,20). The van der Waals surface area contributed by atoms with Gasteiger partial charge in [-0.2, -0.15) is 0 Å². The lowest BCUT2D eigenvalue weighted by Gasteiger charge is -2.17. The summed E-state index contributed by atoms with van der Waals surface area (Å²) in [6.07, 6.45) is 0.901. The number of nitrogens with zero attached hydrogens (tertiary/aromatic N) is 1. The van der Waals surface area contributed by atoms with E-state index < -0.39 is 0 Å². The number of H-pyrrole nitrogens is 1.